The smallest absolute Gasteiger partial charge is 0.246 e. The van der Waals surface area contributed by atoms with Crippen LogP contribution in [0.1, 0.15) is 48.8 Å². The minimum Gasteiger partial charge on any atom is -0.342 e. The number of halogens is 1. The summed E-state index contributed by atoms with van der Waals surface area (Å²) in [7, 11) is 0. The summed E-state index contributed by atoms with van der Waals surface area (Å²) < 4.78 is 0. The minimum atomic E-state index is -0.885. The van der Waals surface area contributed by atoms with Gasteiger partial charge in [-0.2, -0.15) is 0 Å². The fraction of sp³-hybridized carbons (Fsp3) is 0.484. The molecule has 2 saturated heterocycles. The van der Waals surface area contributed by atoms with Gasteiger partial charge in [-0.15, -0.1) is 0 Å². The summed E-state index contributed by atoms with van der Waals surface area (Å²) in [4.78, 5) is 56.6. The van der Waals surface area contributed by atoms with Crippen LogP contribution in [0.3, 0.4) is 0 Å². The van der Waals surface area contributed by atoms with Gasteiger partial charge >= 0.3 is 0 Å². The lowest BCUT2D eigenvalue weighted by atomic mass is 9.71. The molecular weight excluding hydrogens is 542 g/mol. The third-order valence-electron chi connectivity index (χ3n) is 8.58. The van der Waals surface area contributed by atoms with Crippen LogP contribution in [0.25, 0.3) is 0 Å². The SMILES string of the molecule is Cc1cc(NC(=O)[C@H](CCN)NC(=O)[C@@H]2Cc3ccccc3CN2C(=O)CCC(=O)N2CC3CC(C3)C2)ccc1Cl. The number of hydrogen-bond donors (Lipinski definition) is 3. The Bertz CT molecular complexity index is 1320. The van der Waals surface area contributed by atoms with Crippen LogP contribution in [0.2, 0.25) is 5.02 Å². The van der Waals surface area contributed by atoms with Gasteiger partial charge in [-0.3, -0.25) is 19.2 Å². The van der Waals surface area contributed by atoms with Crippen molar-refractivity contribution in [2.24, 2.45) is 17.6 Å². The van der Waals surface area contributed by atoms with Crippen molar-refractivity contribution in [3.8, 4) is 0 Å². The summed E-state index contributed by atoms with van der Waals surface area (Å²) in [6, 6.07) is 11.2. The Kier molecular flexibility index (Phi) is 8.94. The summed E-state index contributed by atoms with van der Waals surface area (Å²) in [5.41, 5.74) is 9.12. The van der Waals surface area contributed by atoms with Gasteiger partial charge in [0.2, 0.25) is 23.6 Å². The summed E-state index contributed by atoms with van der Waals surface area (Å²) in [5, 5.41) is 6.27. The van der Waals surface area contributed by atoms with Crippen molar-refractivity contribution in [2.45, 2.75) is 64.1 Å². The number of carbonyl (C=O) groups is 4. The fourth-order valence-corrected chi connectivity index (χ4v) is 6.38. The Labute approximate surface area is 245 Å². The topological polar surface area (TPSA) is 125 Å². The molecule has 6 rings (SSSR count). The van der Waals surface area contributed by atoms with Gasteiger partial charge in [-0.05, 0) is 79.5 Å². The molecule has 10 heteroatoms. The number of aryl methyl sites for hydroxylation is 1. The zero-order valence-electron chi connectivity index (χ0n) is 23.4. The molecule has 41 heavy (non-hydrogen) atoms. The predicted molar refractivity (Wildman–Crippen MR) is 157 cm³/mol. The second kappa shape index (κ2) is 12.6. The third kappa shape index (κ3) is 6.73. The van der Waals surface area contributed by atoms with E-state index < -0.39 is 23.9 Å². The fourth-order valence-electron chi connectivity index (χ4n) is 6.26. The summed E-state index contributed by atoms with van der Waals surface area (Å²) in [6.07, 6.45) is 3.13. The van der Waals surface area contributed by atoms with E-state index in [-0.39, 0.29) is 44.2 Å². The van der Waals surface area contributed by atoms with Crippen LogP contribution in [-0.2, 0) is 32.1 Å². The molecule has 4 amide bonds. The molecule has 2 aromatic rings. The maximum Gasteiger partial charge on any atom is 0.246 e. The predicted octanol–water partition coefficient (Wildman–Crippen LogP) is 3.02. The average molecular weight is 580 g/mol. The van der Waals surface area contributed by atoms with Crippen LogP contribution >= 0.6 is 11.6 Å². The largest absolute Gasteiger partial charge is 0.342 e. The van der Waals surface area contributed by atoms with Gasteiger partial charge in [0.1, 0.15) is 12.1 Å². The van der Waals surface area contributed by atoms with E-state index in [1.807, 2.05) is 36.1 Å². The first-order valence-electron chi connectivity index (χ1n) is 14.4. The second-order valence-corrected chi connectivity index (χ2v) is 12.0. The Morgan fingerprint density at radius 3 is 2.37 bits per heavy atom. The molecule has 3 aliphatic heterocycles. The number of hydrogen-bond acceptors (Lipinski definition) is 5. The molecule has 3 heterocycles. The summed E-state index contributed by atoms with van der Waals surface area (Å²) in [5.74, 6) is 0.140. The molecule has 0 unspecified atom stereocenters. The van der Waals surface area contributed by atoms with E-state index in [4.69, 9.17) is 17.3 Å². The highest BCUT2D eigenvalue weighted by molar-refractivity contribution is 6.31. The van der Waals surface area contributed by atoms with E-state index in [2.05, 4.69) is 10.6 Å². The second-order valence-electron chi connectivity index (χ2n) is 11.6. The van der Waals surface area contributed by atoms with Gasteiger partial charge in [-0.25, -0.2) is 0 Å². The molecule has 4 N–H and O–H groups in total. The number of nitrogens with two attached hydrogens (primary N) is 1. The van der Waals surface area contributed by atoms with Crippen LogP contribution in [0.4, 0.5) is 5.69 Å². The van der Waals surface area contributed by atoms with Gasteiger partial charge < -0.3 is 26.2 Å². The van der Waals surface area contributed by atoms with Crippen molar-refractivity contribution in [1.82, 2.24) is 15.1 Å². The molecule has 3 fully saturated rings. The molecule has 0 spiro atoms. The Hall–Kier alpha value is -3.43. The van der Waals surface area contributed by atoms with Crippen LogP contribution < -0.4 is 16.4 Å². The Balaban J connectivity index is 1.26. The maximum atomic E-state index is 13.7. The van der Waals surface area contributed by atoms with Gasteiger partial charge in [0.05, 0.1) is 0 Å². The summed E-state index contributed by atoms with van der Waals surface area (Å²) in [6.45, 7) is 3.87. The monoisotopic (exact) mass is 579 g/mol. The number of benzene rings is 2. The quantitative estimate of drug-likeness (QED) is 0.421. The lowest BCUT2D eigenvalue weighted by molar-refractivity contribution is -0.145. The lowest BCUT2D eigenvalue weighted by Crippen LogP contribution is -2.56. The van der Waals surface area contributed by atoms with E-state index >= 15 is 0 Å². The first-order valence-corrected chi connectivity index (χ1v) is 14.8. The molecule has 2 atom stereocenters. The number of amides is 4. The zero-order chi connectivity index (χ0) is 29.1. The number of nitrogens with zero attached hydrogens (tertiary/aromatic N) is 2. The zero-order valence-corrected chi connectivity index (χ0v) is 24.2. The number of nitrogens with one attached hydrogen (secondary N) is 2. The number of piperidine rings is 2. The number of anilines is 1. The molecule has 2 aromatic carbocycles. The molecule has 218 valence electrons. The highest BCUT2D eigenvalue weighted by atomic mass is 35.5. The van der Waals surface area contributed by atoms with Crippen molar-refractivity contribution in [2.75, 3.05) is 25.0 Å². The Morgan fingerprint density at radius 1 is 1.00 bits per heavy atom. The first kappa shape index (κ1) is 29.1. The van der Waals surface area contributed by atoms with Crippen molar-refractivity contribution >= 4 is 40.9 Å². The molecular formula is C31H38ClN5O4. The van der Waals surface area contributed by atoms with Crippen molar-refractivity contribution in [1.29, 1.82) is 0 Å². The van der Waals surface area contributed by atoms with Crippen LogP contribution in [0, 0.1) is 18.8 Å². The normalized spacial score (nSPS) is 21.8. The molecule has 1 saturated carbocycles. The van der Waals surface area contributed by atoms with E-state index in [9.17, 15) is 19.2 Å². The van der Waals surface area contributed by atoms with Crippen molar-refractivity contribution < 1.29 is 19.2 Å². The van der Waals surface area contributed by atoms with E-state index in [1.54, 1.807) is 23.1 Å². The number of rotatable bonds is 9. The molecule has 1 aliphatic carbocycles. The highest BCUT2D eigenvalue weighted by Gasteiger charge is 2.39. The van der Waals surface area contributed by atoms with E-state index in [1.165, 1.54) is 12.8 Å². The summed E-state index contributed by atoms with van der Waals surface area (Å²) >= 11 is 6.11. The average Bonchev–Trinajstić information content (AvgIpc) is 2.96. The van der Waals surface area contributed by atoms with Crippen LogP contribution in [-0.4, -0.2) is 65.1 Å². The molecule has 0 aromatic heterocycles. The van der Waals surface area contributed by atoms with Crippen molar-refractivity contribution in [3.05, 3.63) is 64.2 Å². The van der Waals surface area contributed by atoms with Crippen LogP contribution in [0.15, 0.2) is 42.5 Å². The van der Waals surface area contributed by atoms with E-state index in [0.717, 1.165) is 29.8 Å². The first-order chi connectivity index (χ1) is 19.7. The Morgan fingerprint density at radius 2 is 1.68 bits per heavy atom. The standard InChI is InChI=1S/C31H38ClN5O4/c1-19-12-24(6-7-25(19)32)34-30(40)26(10-11-33)35-31(41)27-15-22-4-2-3-5-23(22)18-37(27)29(39)9-8-28(38)36-16-20-13-21(14-20)17-36/h2-7,12,20-21,26-27H,8-11,13-18,33H2,1H3,(H,34,40)(H,35,41)/t20?,21?,26-,27-/m0/s1. The van der Waals surface area contributed by atoms with Gasteiger partial charge in [-0.1, -0.05) is 35.9 Å². The molecule has 0 radical (unpaired) electrons. The van der Waals surface area contributed by atoms with Gasteiger partial charge in [0, 0.05) is 49.6 Å². The number of carbonyl (C=O) groups excluding carboxylic acids is 4. The lowest BCUT2D eigenvalue weighted by Gasteiger charge is -2.47. The third-order valence-corrected chi connectivity index (χ3v) is 9.01. The molecule has 9 nitrogen and oxygen atoms in total. The molecule has 2 bridgehead atoms. The minimum absolute atomic E-state index is 0.00304. The van der Waals surface area contributed by atoms with Crippen molar-refractivity contribution in [3.63, 3.8) is 0 Å². The van der Waals surface area contributed by atoms with E-state index in [0.29, 0.717) is 29.0 Å². The number of fused-ring (bicyclic) bond motifs is 3. The van der Waals surface area contributed by atoms with Gasteiger partial charge in [0.15, 0.2) is 0 Å². The van der Waals surface area contributed by atoms with Crippen LogP contribution in [0.5, 0.6) is 0 Å². The van der Waals surface area contributed by atoms with Gasteiger partial charge in [0.25, 0.3) is 0 Å². The maximum absolute atomic E-state index is 13.7. The highest BCUT2D eigenvalue weighted by Crippen LogP contribution is 2.39. The molecule has 4 aliphatic rings.